The molecule has 5 heteroatoms. The van der Waals surface area contributed by atoms with E-state index in [4.69, 9.17) is 32.8 Å². The van der Waals surface area contributed by atoms with Crippen LogP contribution in [-0.2, 0) is 4.84 Å². The van der Waals surface area contributed by atoms with Crippen molar-refractivity contribution in [1.29, 1.82) is 0 Å². The second-order valence-corrected chi connectivity index (χ2v) is 5.53. The summed E-state index contributed by atoms with van der Waals surface area (Å²) in [6, 6.07) is 3.49. The Morgan fingerprint density at radius 2 is 2.00 bits per heavy atom. The summed E-state index contributed by atoms with van der Waals surface area (Å²) >= 11 is 12.4. The maximum absolute atomic E-state index is 6.20. The maximum atomic E-state index is 6.20. The van der Waals surface area contributed by atoms with Gasteiger partial charge in [-0.3, -0.25) is 0 Å². The van der Waals surface area contributed by atoms with Gasteiger partial charge in [-0.05, 0) is 26.0 Å². The summed E-state index contributed by atoms with van der Waals surface area (Å²) in [6.07, 6.45) is 0.758. The third-order valence-electron chi connectivity index (χ3n) is 2.78. The van der Waals surface area contributed by atoms with Gasteiger partial charge in [-0.15, -0.1) is 0 Å². The Kier molecular flexibility index (Phi) is 3.55. The monoisotopic (exact) mass is 275 g/mol. The Balaban J connectivity index is 2.52. The van der Waals surface area contributed by atoms with E-state index in [-0.39, 0.29) is 11.6 Å². The first kappa shape index (κ1) is 13.0. The summed E-state index contributed by atoms with van der Waals surface area (Å²) in [4.78, 5) is 5.02. The SMILES string of the molecule is CONC1CC(C)(C)Oc2c(Cl)ccc(Cl)c21. The number of rotatable bonds is 2. The number of halogens is 2. The van der Waals surface area contributed by atoms with Gasteiger partial charge in [0.15, 0.2) is 0 Å². The molecule has 0 aromatic heterocycles. The number of hydrogen-bond donors (Lipinski definition) is 1. The maximum Gasteiger partial charge on any atom is 0.145 e. The molecule has 0 saturated heterocycles. The summed E-state index contributed by atoms with van der Waals surface area (Å²) in [7, 11) is 1.58. The van der Waals surface area contributed by atoms with E-state index in [1.165, 1.54) is 0 Å². The first-order chi connectivity index (χ1) is 7.94. The first-order valence-corrected chi connectivity index (χ1v) is 6.15. The average molecular weight is 276 g/mol. The van der Waals surface area contributed by atoms with Crippen LogP contribution >= 0.6 is 23.2 Å². The Labute approximate surface area is 111 Å². The molecular weight excluding hydrogens is 261 g/mol. The highest BCUT2D eigenvalue weighted by Crippen LogP contribution is 2.46. The quantitative estimate of drug-likeness (QED) is 0.834. The summed E-state index contributed by atoms with van der Waals surface area (Å²) in [5.41, 5.74) is 3.49. The molecule has 1 N–H and O–H groups in total. The van der Waals surface area contributed by atoms with E-state index >= 15 is 0 Å². The predicted octanol–water partition coefficient (Wildman–Crippen LogP) is 3.75. The van der Waals surface area contributed by atoms with Crippen molar-refractivity contribution in [1.82, 2.24) is 5.48 Å². The zero-order valence-corrected chi connectivity index (χ0v) is 11.5. The highest BCUT2D eigenvalue weighted by Gasteiger charge is 2.36. The molecule has 1 aromatic carbocycles. The number of fused-ring (bicyclic) bond motifs is 1. The summed E-state index contributed by atoms with van der Waals surface area (Å²) in [6.45, 7) is 4.02. The van der Waals surface area contributed by atoms with Gasteiger partial charge >= 0.3 is 0 Å². The molecule has 0 fully saturated rings. The molecule has 17 heavy (non-hydrogen) atoms. The Morgan fingerprint density at radius 3 is 2.65 bits per heavy atom. The summed E-state index contributed by atoms with van der Waals surface area (Å²) in [5, 5.41) is 1.20. The zero-order valence-electron chi connectivity index (χ0n) is 10.0. The van der Waals surface area contributed by atoms with E-state index < -0.39 is 0 Å². The smallest absolute Gasteiger partial charge is 0.145 e. The number of hydroxylamine groups is 1. The van der Waals surface area contributed by atoms with Gasteiger partial charge in [-0.1, -0.05) is 23.2 Å². The van der Waals surface area contributed by atoms with Gasteiger partial charge in [0.05, 0.1) is 18.2 Å². The highest BCUT2D eigenvalue weighted by molar-refractivity contribution is 6.35. The fraction of sp³-hybridized carbons (Fsp3) is 0.500. The molecule has 0 radical (unpaired) electrons. The largest absolute Gasteiger partial charge is 0.486 e. The van der Waals surface area contributed by atoms with Crippen LogP contribution in [0.15, 0.2) is 12.1 Å². The Hall–Kier alpha value is -0.480. The molecule has 0 spiro atoms. The van der Waals surface area contributed by atoms with Crippen molar-refractivity contribution in [2.75, 3.05) is 7.11 Å². The van der Waals surface area contributed by atoms with Gasteiger partial charge in [-0.25, -0.2) is 0 Å². The highest BCUT2D eigenvalue weighted by atomic mass is 35.5. The first-order valence-electron chi connectivity index (χ1n) is 5.40. The fourth-order valence-corrected chi connectivity index (χ4v) is 2.62. The Bertz CT molecular complexity index is 435. The third kappa shape index (κ3) is 2.52. The second-order valence-electron chi connectivity index (χ2n) is 4.71. The number of ether oxygens (including phenoxy) is 1. The van der Waals surface area contributed by atoms with Crippen molar-refractivity contribution in [2.45, 2.75) is 31.9 Å². The van der Waals surface area contributed by atoms with Crippen molar-refractivity contribution in [3.05, 3.63) is 27.7 Å². The molecule has 0 amide bonds. The van der Waals surface area contributed by atoms with E-state index in [1.54, 1.807) is 19.2 Å². The topological polar surface area (TPSA) is 30.5 Å². The molecule has 94 valence electrons. The van der Waals surface area contributed by atoms with Crippen molar-refractivity contribution in [3.8, 4) is 5.75 Å². The van der Waals surface area contributed by atoms with E-state index in [0.29, 0.717) is 15.8 Å². The van der Waals surface area contributed by atoms with Crippen LogP contribution in [0.5, 0.6) is 5.75 Å². The van der Waals surface area contributed by atoms with Crippen molar-refractivity contribution < 1.29 is 9.57 Å². The van der Waals surface area contributed by atoms with Crippen LogP contribution in [0.3, 0.4) is 0 Å². The third-order valence-corrected chi connectivity index (χ3v) is 3.40. The molecule has 1 unspecified atom stereocenters. The van der Waals surface area contributed by atoms with Crippen LogP contribution < -0.4 is 10.2 Å². The van der Waals surface area contributed by atoms with Crippen molar-refractivity contribution in [3.63, 3.8) is 0 Å². The molecule has 1 aromatic rings. The second kappa shape index (κ2) is 4.65. The van der Waals surface area contributed by atoms with Crippen LogP contribution in [0, 0.1) is 0 Å². The molecule has 1 heterocycles. The van der Waals surface area contributed by atoms with Gasteiger partial charge in [0.1, 0.15) is 11.4 Å². The minimum Gasteiger partial charge on any atom is -0.486 e. The van der Waals surface area contributed by atoms with E-state index in [9.17, 15) is 0 Å². The zero-order chi connectivity index (χ0) is 12.6. The van der Waals surface area contributed by atoms with Crippen LogP contribution in [0.25, 0.3) is 0 Å². The normalized spacial score (nSPS) is 21.8. The molecule has 1 atom stereocenters. The number of hydrogen-bond acceptors (Lipinski definition) is 3. The van der Waals surface area contributed by atoms with Crippen LogP contribution in [0.4, 0.5) is 0 Å². The van der Waals surface area contributed by atoms with E-state index in [2.05, 4.69) is 5.48 Å². The molecular formula is C12H15Cl2NO2. The molecule has 1 aliphatic rings. The van der Waals surface area contributed by atoms with Gasteiger partial charge < -0.3 is 9.57 Å². The van der Waals surface area contributed by atoms with Crippen molar-refractivity contribution >= 4 is 23.2 Å². The van der Waals surface area contributed by atoms with Crippen LogP contribution in [0.2, 0.25) is 10.0 Å². The van der Waals surface area contributed by atoms with Gasteiger partial charge in [0.25, 0.3) is 0 Å². The van der Waals surface area contributed by atoms with Crippen molar-refractivity contribution in [2.24, 2.45) is 0 Å². The van der Waals surface area contributed by atoms with Gasteiger partial charge in [-0.2, -0.15) is 5.48 Å². The van der Waals surface area contributed by atoms with Gasteiger partial charge in [0.2, 0.25) is 0 Å². The minimum absolute atomic E-state index is 0.0232. The molecule has 0 bridgehead atoms. The predicted molar refractivity (Wildman–Crippen MR) is 68.7 cm³/mol. The van der Waals surface area contributed by atoms with Gasteiger partial charge in [0, 0.05) is 17.0 Å². The molecule has 3 nitrogen and oxygen atoms in total. The summed E-state index contributed by atoms with van der Waals surface area (Å²) in [5.74, 6) is 0.643. The van der Waals surface area contributed by atoms with Crippen LogP contribution in [-0.4, -0.2) is 12.7 Å². The Morgan fingerprint density at radius 1 is 1.35 bits per heavy atom. The minimum atomic E-state index is -0.308. The standard InChI is InChI=1S/C12H15Cl2NO2/c1-12(2)6-9(15-16-3)10-7(13)4-5-8(14)11(10)17-12/h4-5,9,15H,6H2,1-3H3. The molecule has 0 aliphatic carbocycles. The van der Waals surface area contributed by atoms with E-state index in [1.807, 2.05) is 13.8 Å². The van der Waals surface area contributed by atoms with E-state index in [0.717, 1.165) is 12.0 Å². The molecule has 0 saturated carbocycles. The lowest BCUT2D eigenvalue weighted by Gasteiger charge is -2.38. The lowest BCUT2D eigenvalue weighted by Crippen LogP contribution is -2.39. The lowest BCUT2D eigenvalue weighted by molar-refractivity contribution is 0.00310. The number of nitrogens with one attached hydrogen (secondary N) is 1. The molecule has 1 aliphatic heterocycles. The fourth-order valence-electron chi connectivity index (χ4n) is 2.13. The average Bonchev–Trinajstić information content (AvgIpc) is 2.22. The molecule has 2 rings (SSSR count). The number of benzene rings is 1. The lowest BCUT2D eigenvalue weighted by atomic mass is 9.90. The van der Waals surface area contributed by atoms with Crippen LogP contribution in [0.1, 0.15) is 31.9 Å². The summed E-state index contributed by atoms with van der Waals surface area (Å²) < 4.78 is 5.90.